The minimum absolute atomic E-state index is 0.566. The van der Waals surface area contributed by atoms with Gasteiger partial charge in [0.05, 0.1) is 8.07 Å². The summed E-state index contributed by atoms with van der Waals surface area (Å²) in [7, 11) is -0.999. The number of hydrogen-bond donors (Lipinski definition) is 0. The van der Waals surface area contributed by atoms with E-state index in [-0.39, 0.29) is 0 Å². The Hall–Kier alpha value is -0.0431. The van der Waals surface area contributed by atoms with Gasteiger partial charge in [-0.1, -0.05) is 78.1 Å². The maximum absolute atomic E-state index is 3.76. The molecule has 0 unspecified atom stereocenters. The Balaban J connectivity index is 3.48. The predicted molar refractivity (Wildman–Crippen MR) is 84.5 cm³/mol. The zero-order chi connectivity index (χ0) is 13.4. The maximum atomic E-state index is 3.76. The molecule has 0 aliphatic carbocycles. The second kappa shape index (κ2) is 8.13. The zero-order valence-corrected chi connectivity index (χ0v) is 13.9. The molecular formula is C16H34Si. The summed E-state index contributed by atoms with van der Waals surface area (Å²) >= 11 is 0. The second-order valence-corrected chi connectivity index (χ2v) is 12.9. The van der Waals surface area contributed by atoms with Crippen LogP contribution in [-0.2, 0) is 0 Å². The summed E-state index contributed by atoms with van der Waals surface area (Å²) in [6.07, 6.45) is 11.7. The summed E-state index contributed by atoms with van der Waals surface area (Å²) in [5.41, 5.74) is 0. The molecule has 0 spiro atoms. The van der Waals surface area contributed by atoms with Crippen LogP contribution in [0.15, 0.2) is 12.7 Å². The largest absolute Gasteiger partial charge is 0.103 e. The molecule has 0 saturated carbocycles. The van der Waals surface area contributed by atoms with Gasteiger partial charge in [0, 0.05) is 0 Å². The van der Waals surface area contributed by atoms with Crippen molar-refractivity contribution in [2.24, 2.45) is 0 Å². The van der Waals surface area contributed by atoms with Crippen LogP contribution in [0.5, 0.6) is 0 Å². The van der Waals surface area contributed by atoms with E-state index in [1.165, 1.54) is 51.0 Å². The van der Waals surface area contributed by atoms with Crippen molar-refractivity contribution < 1.29 is 0 Å². The lowest BCUT2D eigenvalue weighted by Gasteiger charge is -2.37. The molecule has 0 fully saturated rings. The Morgan fingerprint density at radius 1 is 0.882 bits per heavy atom. The Kier molecular flexibility index (Phi) is 8.11. The molecule has 0 aliphatic rings. The fourth-order valence-electron chi connectivity index (χ4n) is 1.94. The standard InChI is InChI=1S/C16H34Si/c1-7-8-9-10-11-12-13-14-15-17(5,6)16(2,3)4/h7H,1,8-15H2,2-6H3. The van der Waals surface area contributed by atoms with Crippen molar-refractivity contribution in [3.63, 3.8) is 0 Å². The first-order chi connectivity index (χ1) is 7.81. The normalized spacial score (nSPS) is 12.8. The fraction of sp³-hybridized carbons (Fsp3) is 0.875. The lowest BCUT2D eigenvalue weighted by molar-refractivity contribution is 0.604. The van der Waals surface area contributed by atoms with Gasteiger partial charge in [-0.05, 0) is 17.9 Å². The van der Waals surface area contributed by atoms with E-state index < -0.39 is 8.07 Å². The lowest BCUT2D eigenvalue weighted by Crippen LogP contribution is -2.36. The van der Waals surface area contributed by atoms with Crippen LogP contribution < -0.4 is 0 Å². The minimum Gasteiger partial charge on any atom is -0.103 e. The van der Waals surface area contributed by atoms with E-state index >= 15 is 0 Å². The molecular weight excluding hydrogens is 220 g/mol. The highest BCUT2D eigenvalue weighted by molar-refractivity contribution is 6.80. The van der Waals surface area contributed by atoms with Crippen LogP contribution in [-0.4, -0.2) is 8.07 Å². The van der Waals surface area contributed by atoms with Gasteiger partial charge in [-0.15, -0.1) is 6.58 Å². The summed E-state index contributed by atoms with van der Waals surface area (Å²) in [5, 5.41) is 0.566. The van der Waals surface area contributed by atoms with Gasteiger partial charge in [-0.25, -0.2) is 0 Å². The average molecular weight is 255 g/mol. The summed E-state index contributed by atoms with van der Waals surface area (Å²) in [6.45, 7) is 16.1. The highest BCUT2D eigenvalue weighted by atomic mass is 28.3. The highest BCUT2D eigenvalue weighted by Crippen LogP contribution is 2.39. The Morgan fingerprint density at radius 2 is 1.35 bits per heavy atom. The second-order valence-electron chi connectivity index (χ2n) is 7.08. The van der Waals surface area contributed by atoms with Gasteiger partial charge in [0.25, 0.3) is 0 Å². The van der Waals surface area contributed by atoms with Crippen LogP contribution in [0.2, 0.25) is 24.2 Å². The molecule has 0 aromatic rings. The molecule has 1 heteroatoms. The molecule has 0 atom stereocenters. The van der Waals surface area contributed by atoms with E-state index in [1.54, 1.807) is 0 Å². The molecule has 17 heavy (non-hydrogen) atoms. The van der Waals surface area contributed by atoms with Crippen molar-refractivity contribution in [2.45, 2.75) is 89.9 Å². The summed E-state index contributed by atoms with van der Waals surface area (Å²) < 4.78 is 0. The molecule has 102 valence electrons. The molecule has 0 aromatic carbocycles. The molecule has 0 N–H and O–H groups in total. The molecule has 0 saturated heterocycles. The van der Waals surface area contributed by atoms with Crippen molar-refractivity contribution in [1.82, 2.24) is 0 Å². The molecule has 0 heterocycles. The van der Waals surface area contributed by atoms with Crippen LogP contribution >= 0.6 is 0 Å². The summed E-state index contributed by atoms with van der Waals surface area (Å²) in [4.78, 5) is 0. The number of unbranched alkanes of at least 4 members (excludes halogenated alkanes) is 6. The van der Waals surface area contributed by atoms with Crippen LogP contribution in [0.3, 0.4) is 0 Å². The molecule has 0 radical (unpaired) electrons. The van der Waals surface area contributed by atoms with E-state index in [0.717, 1.165) is 0 Å². The van der Waals surface area contributed by atoms with Crippen molar-refractivity contribution in [3.05, 3.63) is 12.7 Å². The predicted octanol–water partition coefficient (Wildman–Crippen LogP) is 6.41. The van der Waals surface area contributed by atoms with Crippen LogP contribution in [0.25, 0.3) is 0 Å². The monoisotopic (exact) mass is 254 g/mol. The molecule has 0 aliphatic heterocycles. The van der Waals surface area contributed by atoms with Crippen LogP contribution in [0, 0.1) is 0 Å². The SMILES string of the molecule is C=CCCCCCCCC[Si](C)(C)C(C)(C)C. The van der Waals surface area contributed by atoms with Crippen LogP contribution in [0.4, 0.5) is 0 Å². The topological polar surface area (TPSA) is 0 Å². The number of allylic oxidation sites excluding steroid dienone is 1. The maximum Gasteiger partial charge on any atom is 0.0527 e. The molecule has 0 rings (SSSR count). The van der Waals surface area contributed by atoms with E-state index in [4.69, 9.17) is 0 Å². The van der Waals surface area contributed by atoms with Gasteiger partial charge in [-0.3, -0.25) is 0 Å². The molecule has 0 bridgehead atoms. The number of hydrogen-bond acceptors (Lipinski definition) is 0. The van der Waals surface area contributed by atoms with E-state index in [2.05, 4.69) is 40.4 Å². The quantitative estimate of drug-likeness (QED) is 0.253. The van der Waals surface area contributed by atoms with Gasteiger partial charge in [0.15, 0.2) is 0 Å². The highest BCUT2D eigenvalue weighted by Gasteiger charge is 2.33. The third-order valence-electron chi connectivity index (χ3n) is 4.49. The van der Waals surface area contributed by atoms with Gasteiger partial charge >= 0.3 is 0 Å². The van der Waals surface area contributed by atoms with Crippen molar-refractivity contribution >= 4 is 8.07 Å². The van der Waals surface area contributed by atoms with Gasteiger partial charge in [0.2, 0.25) is 0 Å². The Bertz CT molecular complexity index is 198. The summed E-state index contributed by atoms with van der Waals surface area (Å²) in [5.74, 6) is 0. The first-order valence-corrected chi connectivity index (χ1v) is 10.6. The van der Waals surface area contributed by atoms with Crippen molar-refractivity contribution in [1.29, 1.82) is 0 Å². The third kappa shape index (κ3) is 7.80. The van der Waals surface area contributed by atoms with E-state index in [0.29, 0.717) is 5.04 Å². The van der Waals surface area contributed by atoms with Gasteiger partial charge in [0.1, 0.15) is 0 Å². The minimum atomic E-state index is -0.999. The molecule has 0 aromatic heterocycles. The van der Waals surface area contributed by atoms with E-state index in [9.17, 15) is 0 Å². The smallest absolute Gasteiger partial charge is 0.0527 e. The first kappa shape index (κ1) is 17.0. The van der Waals surface area contributed by atoms with Crippen molar-refractivity contribution in [2.75, 3.05) is 0 Å². The van der Waals surface area contributed by atoms with Gasteiger partial charge in [-0.2, -0.15) is 0 Å². The number of rotatable bonds is 9. The third-order valence-corrected chi connectivity index (χ3v) is 10.2. The van der Waals surface area contributed by atoms with Crippen LogP contribution in [0.1, 0.15) is 65.7 Å². The van der Waals surface area contributed by atoms with E-state index in [1.807, 2.05) is 6.08 Å². The Morgan fingerprint density at radius 3 is 1.82 bits per heavy atom. The molecule has 0 amide bonds. The first-order valence-electron chi connectivity index (χ1n) is 7.42. The Labute approximate surface area is 111 Å². The fourth-order valence-corrected chi connectivity index (χ4v) is 3.82. The summed E-state index contributed by atoms with van der Waals surface area (Å²) in [6, 6.07) is 1.50. The lowest BCUT2D eigenvalue weighted by atomic mass is 10.1. The van der Waals surface area contributed by atoms with Crippen molar-refractivity contribution in [3.8, 4) is 0 Å². The average Bonchev–Trinajstić information content (AvgIpc) is 2.20. The van der Waals surface area contributed by atoms with Gasteiger partial charge < -0.3 is 0 Å². The zero-order valence-electron chi connectivity index (χ0n) is 12.9. The molecule has 0 nitrogen and oxygen atoms in total.